The van der Waals surface area contributed by atoms with Crippen molar-refractivity contribution in [1.29, 1.82) is 0 Å². The van der Waals surface area contributed by atoms with Gasteiger partial charge in [-0.25, -0.2) is 4.98 Å². The number of rotatable bonds is 6. The molecule has 1 aromatic rings. The molecular formula is C17H31N3O2. The Morgan fingerprint density at radius 3 is 2.73 bits per heavy atom. The van der Waals surface area contributed by atoms with Crippen LogP contribution < -0.4 is 0 Å². The van der Waals surface area contributed by atoms with E-state index in [0.717, 1.165) is 57.6 Å². The Labute approximate surface area is 134 Å². The predicted molar refractivity (Wildman–Crippen MR) is 88.0 cm³/mol. The second-order valence-electron chi connectivity index (χ2n) is 7.19. The number of aromatic nitrogens is 1. The van der Waals surface area contributed by atoms with Gasteiger partial charge < -0.3 is 9.15 Å². The summed E-state index contributed by atoms with van der Waals surface area (Å²) >= 11 is 0. The first-order valence-electron chi connectivity index (χ1n) is 8.39. The summed E-state index contributed by atoms with van der Waals surface area (Å²) < 4.78 is 11.4. The molecule has 1 aromatic heterocycles. The van der Waals surface area contributed by atoms with Gasteiger partial charge in [-0.2, -0.15) is 0 Å². The number of piperazine rings is 1. The Bertz CT molecular complexity index is 453. The largest absolute Gasteiger partial charge is 0.444 e. The molecule has 5 nitrogen and oxygen atoms in total. The summed E-state index contributed by atoms with van der Waals surface area (Å²) in [6, 6.07) is 0.547. The van der Waals surface area contributed by atoms with Crippen molar-refractivity contribution >= 4 is 0 Å². The van der Waals surface area contributed by atoms with E-state index in [-0.39, 0.29) is 5.41 Å². The summed E-state index contributed by atoms with van der Waals surface area (Å²) in [4.78, 5) is 9.37. The van der Waals surface area contributed by atoms with E-state index in [1.165, 1.54) is 0 Å². The van der Waals surface area contributed by atoms with Crippen molar-refractivity contribution in [1.82, 2.24) is 14.8 Å². The van der Waals surface area contributed by atoms with Gasteiger partial charge in [-0.1, -0.05) is 20.8 Å². The fraction of sp³-hybridized carbons (Fsp3) is 0.824. The smallest absolute Gasteiger partial charge is 0.208 e. The van der Waals surface area contributed by atoms with Crippen LogP contribution in [-0.2, 0) is 16.7 Å². The van der Waals surface area contributed by atoms with Crippen LogP contribution >= 0.6 is 0 Å². The second kappa shape index (κ2) is 7.57. The number of oxazole rings is 1. The van der Waals surface area contributed by atoms with Crippen LogP contribution in [0, 0.1) is 0 Å². The average Bonchev–Trinajstić information content (AvgIpc) is 2.90. The van der Waals surface area contributed by atoms with Crippen LogP contribution in [0.25, 0.3) is 0 Å². The standard InChI is InChI=1S/C17H31N3O2/c1-6-21-10-9-20-8-7-19(12-14(20)2)13-16-18-11-15(22-16)17(3,4)5/h11,14H,6-10,12-13H2,1-5H3/t14-/m0/s1. The molecule has 1 fully saturated rings. The van der Waals surface area contributed by atoms with Gasteiger partial charge in [0.1, 0.15) is 5.76 Å². The van der Waals surface area contributed by atoms with Gasteiger partial charge in [-0.05, 0) is 13.8 Å². The molecule has 0 radical (unpaired) electrons. The summed E-state index contributed by atoms with van der Waals surface area (Å²) in [6.07, 6.45) is 1.87. The van der Waals surface area contributed by atoms with Crippen molar-refractivity contribution in [3.8, 4) is 0 Å². The Hall–Kier alpha value is -0.910. The molecule has 1 aliphatic heterocycles. The van der Waals surface area contributed by atoms with Gasteiger partial charge in [0.15, 0.2) is 0 Å². The summed E-state index contributed by atoms with van der Waals surface area (Å²) in [6.45, 7) is 17.4. The van der Waals surface area contributed by atoms with Crippen LogP contribution in [0.5, 0.6) is 0 Å². The van der Waals surface area contributed by atoms with E-state index >= 15 is 0 Å². The van der Waals surface area contributed by atoms with Crippen molar-refractivity contribution in [2.75, 3.05) is 39.4 Å². The molecule has 0 aliphatic carbocycles. The zero-order chi connectivity index (χ0) is 16.2. The van der Waals surface area contributed by atoms with E-state index < -0.39 is 0 Å². The van der Waals surface area contributed by atoms with Gasteiger partial charge in [0.2, 0.25) is 5.89 Å². The molecule has 0 unspecified atom stereocenters. The summed E-state index contributed by atoms with van der Waals surface area (Å²) in [5, 5.41) is 0. The monoisotopic (exact) mass is 309 g/mol. The molecule has 0 amide bonds. The first-order chi connectivity index (χ1) is 10.4. The molecule has 0 N–H and O–H groups in total. The van der Waals surface area contributed by atoms with Crippen molar-refractivity contribution < 1.29 is 9.15 Å². The third kappa shape index (κ3) is 4.80. The Morgan fingerprint density at radius 1 is 1.36 bits per heavy atom. The fourth-order valence-corrected chi connectivity index (χ4v) is 2.79. The topological polar surface area (TPSA) is 41.7 Å². The maximum Gasteiger partial charge on any atom is 0.208 e. The SMILES string of the molecule is CCOCCN1CCN(Cc2ncc(C(C)(C)C)o2)C[C@@H]1C. The second-order valence-corrected chi connectivity index (χ2v) is 7.19. The number of hydrogen-bond donors (Lipinski definition) is 0. The molecule has 0 saturated carbocycles. The highest BCUT2D eigenvalue weighted by molar-refractivity contribution is 5.06. The molecule has 2 heterocycles. The Balaban J connectivity index is 1.82. The molecule has 22 heavy (non-hydrogen) atoms. The maximum absolute atomic E-state index is 5.91. The van der Waals surface area contributed by atoms with Crippen LogP contribution in [0.15, 0.2) is 10.6 Å². The quantitative estimate of drug-likeness (QED) is 0.755. The van der Waals surface area contributed by atoms with Crippen LogP contribution in [0.3, 0.4) is 0 Å². The van der Waals surface area contributed by atoms with Gasteiger partial charge in [-0.15, -0.1) is 0 Å². The number of hydrogen-bond acceptors (Lipinski definition) is 5. The normalized spacial score (nSPS) is 21.4. The molecule has 1 saturated heterocycles. The molecule has 0 aromatic carbocycles. The highest BCUT2D eigenvalue weighted by Gasteiger charge is 2.25. The molecule has 126 valence electrons. The molecule has 5 heteroatoms. The lowest BCUT2D eigenvalue weighted by molar-refractivity contribution is 0.0434. The van der Waals surface area contributed by atoms with Crippen molar-refractivity contribution in [3.05, 3.63) is 17.8 Å². The van der Waals surface area contributed by atoms with Crippen molar-refractivity contribution in [2.24, 2.45) is 0 Å². The summed E-state index contributed by atoms with van der Waals surface area (Å²) in [7, 11) is 0. The lowest BCUT2D eigenvalue weighted by Crippen LogP contribution is -2.52. The Kier molecular flexibility index (Phi) is 6.01. The molecule has 0 spiro atoms. The van der Waals surface area contributed by atoms with Gasteiger partial charge >= 0.3 is 0 Å². The first kappa shape index (κ1) is 17.4. The molecule has 2 rings (SSSR count). The van der Waals surface area contributed by atoms with E-state index in [1.54, 1.807) is 0 Å². The maximum atomic E-state index is 5.91. The number of ether oxygens (including phenoxy) is 1. The van der Waals surface area contributed by atoms with Gasteiger partial charge in [-0.3, -0.25) is 9.80 Å². The van der Waals surface area contributed by atoms with Crippen LogP contribution in [0.4, 0.5) is 0 Å². The molecular weight excluding hydrogens is 278 g/mol. The average molecular weight is 309 g/mol. The van der Waals surface area contributed by atoms with Crippen molar-refractivity contribution in [2.45, 2.75) is 52.6 Å². The minimum absolute atomic E-state index is 0.0243. The van der Waals surface area contributed by atoms with E-state index in [0.29, 0.717) is 6.04 Å². The van der Waals surface area contributed by atoms with Crippen LogP contribution in [-0.4, -0.2) is 60.2 Å². The zero-order valence-corrected chi connectivity index (χ0v) is 14.8. The lowest BCUT2D eigenvalue weighted by Gasteiger charge is -2.39. The predicted octanol–water partition coefficient (Wildman–Crippen LogP) is 2.51. The van der Waals surface area contributed by atoms with E-state index in [9.17, 15) is 0 Å². The highest BCUT2D eigenvalue weighted by atomic mass is 16.5. The van der Waals surface area contributed by atoms with Gasteiger partial charge in [0.25, 0.3) is 0 Å². The van der Waals surface area contributed by atoms with E-state index in [4.69, 9.17) is 9.15 Å². The lowest BCUT2D eigenvalue weighted by atomic mass is 9.94. The van der Waals surface area contributed by atoms with Crippen molar-refractivity contribution in [3.63, 3.8) is 0 Å². The minimum Gasteiger partial charge on any atom is -0.444 e. The van der Waals surface area contributed by atoms with Gasteiger partial charge in [0, 0.05) is 44.2 Å². The third-order valence-electron chi connectivity index (χ3n) is 4.23. The summed E-state index contributed by atoms with van der Waals surface area (Å²) in [5.41, 5.74) is 0.0243. The van der Waals surface area contributed by atoms with E-state index in [1.807, 2.05) is 13.1 Å². The first-order valence-corrected chi connectivity index (χ1v) is 8.39. The minimum atomic E-state index is 0.0243. The fourth-order valence-electron chi connectivity index (χ4n) is 2.79. The third-order valence-corrected chi connectivity index (χ3v) is 4.23. The van der Waals surface area contributed by atoms with Crippen LogP contribution in [0.1, 0.15) is 46.3 Å². The zero-order valence-electron chi connectivity index (χ0n) is 14.8. The summed E-state index contributed by atoms with van der Waals surface area (Å²) in [5.74, 6) is 1.80. The van der Waals surface area contributed by atoms with E-state index in [2.05, 4.69) is 42.5 Å². The molecule has 1 atom stereocenters. The molecule has 0 bridgehead atoms. The molecule has 1 aliphatic rings. The van der Waals surface area contributed by atoms with Crippen LogP contribution in [0.2, 0.25) is 0 Å². The Morgan fingerprint density at radius 2 is 2.14 bits per heavy atom. The number of nitrogens with zero attached hydrogens (tertiary/aromatic N) is 3. The highest BCUT2D eigenvalue weighted by Crippen LogP contribution is 2.23. The van der Waals surface area contributed by atoms with Gasteiger partial charge in [0.05, 0.1) is 19.3 Å².